The number of nitrogens with one attached hydrogen (secondary N) is 1. The smallest absolute Gasteiger partial charge is 0.241 e. The van der Waals surface area contributed by atoms with Gasteiger partial charge >= 0.3 is 0 Å². The van der Waals surface area contributed by atoms with Crippen LogP contribution in [0.2, 0.25) is 0 Å². The molecule has 1 atom stereocenters. The number of carbonyl (C=O) groups excluding carboxylic acids is 2. The van der Waals surface area contributed by atoms with Crippen LogP contribution < -0.4 is 5.32 Å². The van der Waals surface area contributed by atoms with Gasteiger partial charge in [-0.2, -0.15) is 5.10 Å². The number of aromatic nitrogens is 2. The standard InChI is InChI=1S/C21H22N4O2S/c1-15(26)20-12-16(14-28-20)13-24-10-2-4-19(24)21(27)23-17-5-7-18(8-6-17)25-11-3-9-22-25/h3,5-9,11-12,14,19H,2,4,10,13H2,1H3,(H,23,27)/t19-/m1/s1. The van der Waals surface area contributed by atoms with Crippen molar-refractivity contribution in [1.82, 2.24) is 14.7 Å². The first-order valence-electron chi connectivity index (χ1n) is 9.33. The highest BCUT2D eigenvalue weighted by Gasteiger charge is 2.30. The highest BCUT2D eigenvalue weighted by atomic mass is 32.1. The van der Waals surface area contributed by atoms with Gasteiger partial charge in [0.2, 0.25) is 5.91 Å². The van der Waals surface area contributed by atoms with Crippen molar-refractivity contribution in [3.63, 3.8) is 0 Å². The maximum Gasteiger partial charge on any atom is 0.241 e. The number of benzene rings is 1. The Morgan fingerprint density at radius 1 is 1.29 bits per heavy atom. The lowest BCUT2D eigenvalue weighted by Crippen LogP contribution is -2.39. The Labute approximate surface area is 167 Å². The zero-order chi connectivity index (χ0) is 19.5. The van der Waals surface area contributed by atoms with E-state index in [9.17, 15) is 9.59 Å². The second kappa shape index (κ2) is 8.08. The molecule has 2 aromatic heterocycles. The average Bonchev–Trinajstić information content (AvgIpc) is 3.44. The molecule has 0 spiro atoms. The Morgan fingerprint density at radius 3 is 2.79 bits per heavy atom. The van der Waals surface area contributed by atoms with Gasteiger partial charge in [-0.1, -0.05) is 0 Å². The van der Waals surface area contributed by atoms with E-state index in [0.29, 0.717) is 6.54 Å². The van der Waals surface area contributed by atoms with Crippen LogP contribution in [-0.4, -0.2) is 39.0 Å². The molecule has 1 saturated heterocycles. The van der Waals surface area contributed by atoms with Crippen molar-refractivity contribution in [2.24, 2.45) is 0 Å². The largest absolute Gasteiger partial charge is 0.325 e. The van der Waals surface area contributed by atoms with E-state index in [2.05, 4.69) is 15.3 Å². The number of amides is 1. The fraction of sp³-hybridized carbons (Fsp3) is 0.286. The van der Waals surface area contributed by atoms with Crippen molar-refractivity contribution in [2.45, 2.75) is 32.4 Å². The van der Waals surface area contributed by atoms with E-state index in [4.69, 9.17) is 0 Å². The summed E-state index contributed by atoms with van der Waals surface area (Å²) in [6.45, 7) is 3.17. The second-order valence-corrected chi connectivity index (χ2v) is 7.90. The number of nitrogens with zero attached hydrogens (tertiary/aromatic N) is 3. The minimum absolute atomic E-state index is 0.0198. The van der Waals surface area contributed by atoms with Gasteiger partial charge in [-0.25, -0.2) is 4.68 Å². The van der Waals surface area contributed by atoms with Crippen molar-refractivity contribution in [1.29, 1.82) is 0 Å². The van der Waals surface area contributed by atoms with Crippen molar-refractivity contribution >= 4 is 28.7 Å². The van der Waals surface area contributed by atoms with Gasteiger partial charge in [-0.05, 0) is 73.7 Å². The lowest BCUT2D eigenvalue weighted by Gasteiger charge is -2.23. The molecule has 144 valence electrons. The van der Waals surface area contributed by atoms with E-state index in [0.717, 1.165) is 41.2 Å². The Morgan fingerprint density at radius 2 is 2.11 bits per heavy atom. The van der Waals surface area contributed by atoms with Crippen LogP contribution in [0.1, 0.15) is 35.0 Å². The summed E-state index contributed by atoms with van der Waals surface area (Å²) in [5, 5.41) is 9.25. The summed E-state index contributed by atoms with van der Waals surface area (Å²) in [7, 11) is 0. The van der Waals surface area contributed by atoms with Crippen molar-refractivity contribution in [2.75, 3.05) is 11.9 Å². The Bertz CT molecular complexity index is 963. The number of hydrogen-bond acceptors (Lipinski definition) is 5. The molecule has 1 aliphatic heterocycles. The first-order chi connectivity index (χ1) is 13.6. The molecule has 0 saturated carbocycles. The molecule has 3 heterocycles. The van der Waals surface area contributed by atoms with Gasteiger partial charge in [-0.15, -0.1) is 11.3 Å². The maximum absolute atomic E-state index is 12.8. The van der Waals surface area contributed by atoms with Crippen LogP contribution >= 0.6 is 11.3 Å². The maximum atomic E-state index is 12.8. The summed E-state index contributed by atoms with van der Waals surface area (Å²) in [4.78, 5) is 27.3. The normalized spacial score (nSPS) is 17.0. The van der Waals surface area contributed by atoms with Gasteiger partial charge in [0, 0.05) is 24.6 Å². The van der Waals surface area contributed by atoms with Gasteiger partial charge < -0.3 is 5.32 Å². The molecule has 0 unspecified atom stereocenters. The predicted molar refractivity (Wildman–Crippen MR) is 110 cm³/mol. The van der Waals surface area contributed by atoms with Gasteiger partial charge in [0.05, 0.1) is 16.6 Å². The van der Waals surface area contributed by atoms with Crippen LogP contribution in [0.5, 0.6) is 0 Å². The van der Waals surface area contributed by atoms with Crippen LogP contribution in [0.15, 0.2) is 54.2 Å². The Hall–Kier alpha value is -2.77. The zero-order valence-corrected chi connectivity index (χ0v) is 16.5. The van der Waals surface area contributed by atoms with Gasteiger partial charge in [0.15, 0.2) is 5.78 Å². The molecule has 0 aliphatic carbocycles. The van der Waals surface area contributed by atoms with Gasteiger partial charge in [0.25, 0.3) is 0 Å². The minimum Gasteiger partial charge on any atom is -0.325 e. The topological polar surface area (TPSA) is 67.2 Å². The summed E-state index contributed by atoms with van der Waals surface area (Å²) in [6, 6.07) is 11.3. The molecule has 1 amide bonds. The number of rotatable bonds is 6. The molecule has 1 fully saturated rings. The fourth-order valence-electron chi connectivity index (χ4n) is 3.53. The third-order valence-electron chi connectivity index (χ3n) is 4.96. The fourth-order valence-corrected chi connectivity index (χ4v) is 4.34. The lowest BCUT2D eigenvalue weighted by atomic mass is 10.2. The van der Waals surface area contributed by atoms with E-state index in [1.165, 1.54) is 11.3 Å². The highest BCUT2D eigenvalue weighted by molar-refractivity contribution is 7.12. The Balaban J connectivity index is 1.39. The van der Waals surface area contributed by atoms with Crippen molar-refractivity contribution in [3.8, 4) is 5.69 Å². The molecule has 0 radical (unpaired) electrons. The van der Waals surface area contributed by atoms with Crippen LogP contribution in [0, 0.1) is 0 Å². The molecular weight excluding hydrogens is 372 g/mol. The summed E-state index contributed by atoms with van der Waals surface area (Å²) in [6.07, 6.45) is 5.46. The van der Waals surface area contributed by atoms with Crippen LogP contribution in [0.4, 0.5) is 5.69 Å². The quantitative estimate of drug-likeness (QED) is 0.647. The molecule has 7 heteroatoms. The van der Waals surface area contributed by atoms with E-state index in [1.807, 2.05) is 48.0 Å². The SMILES string of the molecule is CC(=O)c1cc(CN2CCC[C@@H]2C(=O)Nc2ccc(-n3cccn3)cc2)cs1. The van der Waals surface area contributed by atoms with Gasteiger partial charge in [-0.3, -0.25) is 14.5 Å². The number of likely N-dealkylation sites (tertiary alicyclic amines) is 1. The molecule has 1 aliphatic rings. The number of ketones is 1. The van der Waals surface area contributed by atoms with E-state index in [1.54, 1.807) is 17.8 Å². The molecule has 3 aromatic rings. The predicted octanol–water partition coefficient (Wildman–Crippen LogP) is 3.74. The van der Waals surface area contributed by atoms with Crippen LogP contribution in [0.3, 0.4) is 0 Å². The third kappa shape index (κ3) is 4.05. The molecule has 1 N–H and O–H groups in total. The van der Waals surface area contributed by atoms with Gasteiger partial charge in [0.1, 0.15) is 0 Å². The third-order valence-corrected chi connectivity index (χ3v) is 6.04. The first kappa shape index (κ1) is 18.6. The van der Waals surface area contributed by atoms with Crippen LogP contribution in [-0.2, 0) is 11.3 Å². The van der Waals surface area contributed by atoms with E-state index in [-0.39, 0.29) is 17.7 Å². The molecule has 6 nitrogen and oxygen atoms in total. The zero-order valence-electron chi connectivity index (χ0n) is 15.7. The monoisotopic (exact) mass is 394 g/mol. The molecule has 0 bridgehead atoms. The number of carbonyl (C=O) groups is 2. The molecular formula is C21H22N4O2S. The van der Waals surface area contributed by atoms with E-state index >= 15 is 0 Å². The summed E-state index contributed by atoms with van der Waals surface area (Å²) in [5.74, 6) is 0.108. The van der Waals surface area contributed by atoms with Crippen LogP contribution in [0.25, 0.3) is 5.69 Å². The summed E-state index contributed by atoms with van der Waals surface area (Å²) < 4.78 is 1.78. The summed E-state index contributed by atoms with van der Waals surface area (Å²) >= 11 is 1.47. The Kier molecular flexibility index (Phi) is 5.36. The second-order valence-electron chi connectivity index (χ2n) is 6.99. The first-order valence-corrected chi connectivity index (χ1v) is 10.2. The average molecular weight is 395 g/mol. The van der Waals surface area contributed by atoms with Crippen molar-refractivity contribution in [3.05, 3.63) is 64.6 Å². The number of anilines is 1. The summed E-state index contributed by atoms with van der Waals surface area (Å²) in [5.41, 5.74) is 2.82. The molecule has 28 heavy (non-hydrogen) atoms. The highest BCUT2D eigenvalue weighted by Crippen LogP contribution is 2.24. The van der Waals surface area contributed by atoms with E-state index < -0.39 is 0 Å². The molecule has 1 aromatic carbocycles. The number of hydrogen-bond donors (Lipinski definition) is 1. The minimum atomic E-state index is -0.147. The lowest BCUT2D eigenvalue weighted by molar-refractivity contribution is -0.120. The number of thiophene rings is 1. The number of Topliss-reactive ketones (excluding diaryl/α,β-unsaturated/α-hetero) is 1. The van der Waals surface area contributed by atoms with Crippen molar-refractivity contribution < 1.29 is 9.59 Å². The molecule has 4 rings (SSSR count).